The molecule has 2 aromatic carbocycles. The molecular weight excluding hydrogens is 265 g/mol. The summed E-state index contributed by atoms with van der Waals surface area (Å²) in [6.07, 6.45) is 0. The van der Waals surface area contributed by atoms with E-state index in [1.165, 1.54) is 11.6 Å². The lowest BCUT2D eigenvalue weighted by atomic mass is 10.0. The number of fused-ring (bicyclic) bond motifs is 2. The Hall–Kier alpha value is -2.36. The Morgan fingerprint density at radius 1 is 1.24 bits per heavy atom. The third kappa shape index (κ3) is 1.75. The van der Waals surface area contributed by atoms with Crippen molar-refractivity contribution in [3.8, 4) is 0 Å². The van der Waals surface area contributed by atoms with Gasteiger partial charge in [-0.1, -0.05) is 24.3 Å². The average Bonchev–Trinajstić information content (AvgIpc) is 3.08. The minimum Gasteiger partial charge on any atom is -0.384 e. The number of benzene rings is 2. The second-order valence-electron chi connectivity index (χ2n) is 5.34. The molecule has 0 amide bonds. The van der Waals surface area contributed by atoms with Crippen molar-refractivity contribution in [1.82, 2.24) is 9.55 Å². The molecule has 4 rings (SSSR count). The van der Waals surface area contributed by atoms with Crippen LogP contribution in [0.4, 0.5) is 10.1 Å². The summed E-state index contributed by atoms with van der Waals surface area (Å²) in [6, 6.07) is 13.4. The van der Waals surface area contributed by atoms with Gasteiger partial charge >= 0.3 is 0 Å². The monoisotopic (exact) mass is 281 g/mol. The summed E-state index contributed by atoms with van der Waals surface area (Å²) >= 11 is 0. The van der Waals surface area contributed by atoms with Crippen molar-refractivity contribution in [3.05, 3.63) is 59.7 Å². The largest absolute Gasteiger partial charge is 0.384 e. The number of hydrogen-bond donors (Lipinski definition) is 1. The number of rotatable bonds is 2. The highest BCUT2D eigenvalue weighted by Crippen LogP contribution is 2.36. The van der Waals surface area contributed by atoms with Crippen LogP contribution in [-0.2, 0) is 6.54 Å². The minimum atomic E-state index is -0.250. The molecule has 0 aliphatic carbocycles. The molecule has 21 heavy (non-hydrogen) atoms. The van der Waals surface area contributed by atoms with Gasteiger partial charge in [-0.2, -0.15) is 0 Å². The van der Waals surface area contributed by atoms with Gasteiger partial charge in [0.2, 0.25) is 0 Å². The molecular formula is C17H16FN3. The summed E-state index contributed by atoms with van der Waals surface area (Å²) in [5.41, 5.74) is 3.73. The molecule has 1 atom stereocenters. The second-order valence-corrected chi connectivity index (χ2v) is 5.34. The van der Waals surface area contributed by atoms with E-state index in [4.69, 9.17) is 0 Å². The first-order chi connectivity index (χ1) is 10.3. The van der Waals surface area contributed by atoms with Crippen molar-refractivity contribution in [3.63, 3.8) is 0 Å². The van der Waals surface area contributed by atoms with Gasteiger partial charge in [0, 0.05) is 18.8 Å². The standard InChI is InChI=1S/C17H16FN3/c1-2-21-15-9-5-7-13(18)16(15)20-17(21)12-10-19-14-8-4-3-6-11(12)14/h3-9,12,19H,2,10H2,1H3. The summed E-state index contributed by atoms with van der Waals surface area (Å²) in [6.45, 7) is 3.67. The quantitative estimate of drug-likeness (QED) is 0.775. The molecule has 3 nitrogen and oxygen atoms in total. The number of halogens is 1. The van der Waals surface area contributed by atoms with Gasteiger partial charge in [0.1, 0.15) is 11.3 Å². The Balaban J connectivity index is 1.94. The molecule has 0 fully saturated rings. The van der Waals surface area contributed by atoms with Gasteiger partial charge in [0.15, 0.2) is 5.82 Å². The molecule has 106 valence electrons. The zero-order valence-electron chi connectivity index (χ0n) is 11.8. The summed E-state index contributed by atoms with van der Waals surface area (Å²) < 4.78 is 16.1. The van der Waals surface area contributed by atoms with E-state index in [0.717, 1.165) is 30.1 Å². The van der Waals surface area contributed by atoms with Crippen LogP contribution in [0.3, 0.4) is 0 Å². The Bertz CT molecular complexity index is 822. The molecule has 0 saturated heterocycles. The summed E-state index contributed by atoms with van der Waals surface area (Å²) in [5, 5.41) is 3.41. The first-order valence-corrected chi connectivity index (χ1v) is 7.27. The normalized spacial score (nSPS) is 17.0. The zero-order chi connectivity index (χ0) is 14.4. The maximum atomic E-state index is 14.0. The van der Waals surface area contributed by atoms with Crippen molar-refractivity contribution >= 4 is 16.7 Å². The third-order valence-corrected chi connectivity index (χ3v) is 4.22. The lowest BCUT2D eigenvalue weighted by Gasteiger charge is -2.12. The average molecular weight is 281 g/mol. The molecule has 0 radical (unpaired) electrons. The molecule has 0 saturated carbocycles. The van der Waals surface area contributed by atoms with Crippen molar-refractivity contribution in [1.29, 1.82) is 0 Å². The molecule has 0 spiro atoms. The third-order valence-electron chi connectivity index (χ3n) is 4.22. The van der Waals surface area contributed by atoms with Crippen LogP contribution in [0, 0.1) is 5.82 Å². The predicted molar refractivity (Wildman–Crippen MR) is 82.1 cm³/mol. The maximum Gasteiger partial charge on any atom is 0.151 e. The minimum absolute atomic E-state index is 0.174. The van der Waals surface area contributed by atoms with E-state index >= 15 is 0 Å². The van der Waals surface area contributed by atoms with Gasteiger partial charge in [-0.25, -0.2) is 9.37 Å². The number of anilines is 1. The fraction of sp³-hybridized carbons (Fsp3) is 0.235. The molecule has 0 bridgehead atoms. The Morgan fingerprint density at radius 2 is 2.10 bits per heavy atom. The van der Waals surface area contributed by atoms with E-state index in [-0.39, 0.29) is 11.7 Å². The Labute approximate surface area is 122 Å². The van der Waals surface area contributed by atoms with Gasteiger partial charge in [0.05, 0.1) is 11.4 Å². The van der Waals surface area contributed by atoms with Crippen molar-refractivity contribution in [2.24, 2.45) is 0 Å². The van der Waals surface area contributed by atoms with E-state index in [1.807, 2.05) is 18.2 Å². The number of aromatic nitrogens is 2. The highest BCUT2D eigenvalue weighted by atomic mass is 19.1. The van der Waals surface area contributed by atoms with Gasteiger partial charge in [0.25, 0.3) is 0 Å². The number of imidazole rings is 1. The van der Waals surface area contributed by atoms with Crippen LogP contribution in [0.25, 0.3) is 11.0 Å². The molecule has 1 aliphatic heterocycles. The van der Waals surface area contributed by atoms with Crippen molar-refractivity contribution in [2.75, 3.05) is 11.9 Å². The number of para-hydroxylation sites is 2. The Kier molecular flexibility index (Phi) is 2.70. The number of hydrogen-bond acceptors (Lipinski definition) is 2. The highest BCUT2D eigenvalue weighted by Gasteiger charge is 2.28. The maximum absolute atomic E-state index is 14.0. The second kappa shape index (κ2) is 4.58. The van der Waals surface area contributed by atoms with Gasteiger partial charge in [-0.05, 0) is 30.7 Å². The van der Waals surface area contributed by atoms with Crippen molar-refractivity contribution < 1.29 is 4.39 Å². The van der Waals surface area contributed by atoms with Gasteiger partial charge in [-0.3, -0.25) is 0 Å². The number of aryl methyl sites for hydroxylation is 1. The number of nitrogens with one attached hydrogen (secondary N) is 1. The Morgan fingerprint density at radius 3 is 2.95 bits per heavy atom. The summed E-state index contributed by atoms with van der Waals surface area (Å²) in [5.74, 6) is 0.864. The van der Waals surface area contributed by atoms with E-state index < -0.39 is 0 Å². The van der Waals surface area contributed by atoms with Gasteiger partial charge in [-0.15, -0.1) is 0 Å². The van der Waals surface area contributed by atoms with Crippen molar-refractivity contribution in [2.45, 2.75) is 19.4 Å². The van der Waals surface area contributed by atoms with Crippen LogP contribution in [0.15, 0.2) is 42.5 Å². The fourth-order valence-corrected chi connectivity index (χ4v) is 3.24. The lowest BCUT2D eigenvalue weighted by Crippen LogP contribution is -2.11. The molecule has 2 heterocycles. The SMILES string of the molecule is CCn1c(C2CNc3ccccc32)nc2c(F)cccc21. The van der Waals surface area contributed by atoms with Crippen LogP contribution < -0.4 is 5.32 Å². The number of nitrogens with zero attached hydrogens (tertiary/aromatic N) is 2. The van der Waals surface area contributed by atoms with Crippen LogP contribution in [0.1, 0.15) is 24.2 Å². The van der Waals surface area contributed by atoms with E-state index in [2.05, 4.69) is 33.9 Å². The molecule has 1 aliphatic rings. The molecule has 1 unspecified atom stereocenters. The first kappa shape index (κ1) is 12.4. The predicted octanol–water partition coefficient (Wildman–Crippen LogP) is 3.75. The van der Waals surface area contributed by atoms with Crippen LogP contribution >= 0.6 is 0 Å². The summed E-state index contributed by atoms with van der Waals surface area (Å²) in [4.78, 5) is 4.61. The topological polar surface area (TPSA) is 29.9 Å². The highest BCUT2D eigenvalue weighted by molar-refractivity contribution is 5.77. The smallest absolute Gasteiger partial charge is 0.151 e. The zero-order valence-corrected chi connectivity index (χ0v) is 11.8. The van der Waals surface area contributed by atoms with Crippen LogP contribution in [-0.4, -0.2) is 16.1 Å². The first-order valence-electron chi connectivity index (χ1n) is 7.27. The fourth-order valence-electron chi connectivity index (χ4n) is 3.24. The molecule has 1 aromatic heterocycles. The lowest BCUT2D eigenvalue weighted by molar-refractivity contribution is 0.636. The van der Waals surface area contributed by atoms with Crippen LogP contribution in [0.5, 0.6) is 0 Å². The van der Waals surface area contributed by atoms with Gasteiger partial charge < -0.3 is 9.88 Å². The molecule has 4 heteroatoms. The summed E-state index contributed by atoms with van der Waals surface area (Å²) in [7, 11) is 0. The van der Waals surface area contributed by atoms with E-state index in [0.29, 0.717) is 5.52 Å². The van der Waals surface area contributed by atoms with E-state index in [1.54, 1.807) is 6.07 Å². The van der Waals surface area contributed by atoms with E-state index in [9.17, 15) is 4.39 Å². The molecule has 1 N–H and O–H groups in total. The van der Waals surface area contributed by atoms with Crippen LogP contribution in [0.2, 0.25) is 0 Å². The molecule has 3 aromatic rings.